The Morgan fingerprint density at radius 3 is 2.81 bits per heavy atom. The molecule has 5 nitrogen and oxygen atoms in total. The summed E-state index contributed by atoms with van der Waals surface area (Å²) in [5, 5.41) is 2.60. The topological polar surface area (TPSA) is 85.1 Å². The van der Waals surface area contributed by atoms with Gasteiger partial charge in [-0.3, -0.25) is 0 Å². The van der Waals surface area contributed by atoms with Crippen LogP contribution in [0, 0.1) is 18.8 Å². The third-order valence-corrected chi connectivity index (χ3v) is 5.01. The molecule has 0 atom stereocenters. The van der Waals surface area contributed by atoms with Crippen LogP contribution in [0.1, 0.15) is 16.3 Å². The van der Waals surface area contributed by atoms with Crippen LogP contribution in [0.15, 0.2) is 34.5 Å². The second-order valence-electron chi connectivity index (χ2n) is 4.21. The SMILES string of the molecule is Cc1csc(CNS(=O)(=O)c2ccccc2C#CCN)n1. The van der Waals surface area contributed by atoms with Crippen LogP contribution in [0.25, 0.3) is 0 Å². The van der Waals surface area contributed by atoms with E-state index in [4.69, 9.17) is 5.73 Å². The van der Waals surface area contributed by atoms with Gasteiger partial charge in [0.05, 0.1) is 18.0 Å². The molecule has 2 rings (SSSR count). The second-order valence-corrected chi connectivity index (χ2v) is 6.89. The molecule has 0 amide bonds. The van der Waals surface area contributed by atoms with Crippen LogP contribution >= 0.6 is 11.3 Å². The summed E-state index contributed by atoms with van der Waals surface area (Å²) in [4.78, 5) is 4.38. The maximum absolute atomic E-state index is 12.4. The molecule has 21 heavy (non-hydrogen) atoms. The monoisotopic (exact) mass is 321 g/mol. The van der Waals surface area contributed by atoms with Crippen molar-refractivity contribution in [1.82, 2.24) is 9.71 Å². The fourth-order valence-corrected chi connectivity index (χ4v) is 3.62. The lowest BCUT2D eigenvalue weighted by atomic mass is 10.2. The Labute approximate surface area is 128 Å². The molecule has 1 aromatic heterocycles. The van der Waals surface area contributed by atoms with E-state index in [9.17, 15) is 8.42 Å². The molecule has 110 valence electrons. The minimum absolute atomic E-state index is 0.152. The Balaban J connectivity index is 2.23. The van der Waals surface area contributed by atoms with Gasteiger partial charge in [0.2, 0.25) is 10.0 Å². The van der Waals surface area contributed by atoms with Gasteiger partial charge < -0.3 is 5.73 Å². The van der Waals surface area contributed by atoms with Gasteiger partial charge in [0, 0.05) is 16.6 Å². The smallest absolute Gasteiger partial charge is 0.242 e. The standard InChI is InChI=1S/C14H15N3O2S2/c1-11-10-20-14(17-11)9-16-21(18,19)13-7-3-2-5-12(13)6-4-8-15/h2-3,5,7,10,16H,8-9,15H2,1H3. The largest absolute Gasteiger partial charge is 0.320 e. The lowest BCUT2D eigenvalue weighted by Gasteiger charge is -2.07. The van der Waals surface area contributed by atoms with Gasteiger partial charge in [0.15, 0.2) is 0 Å². The fraction of sp³-hybridized carbons (Fsp3) is 0.214. The molecule has 0 aliphatic carbocycles. The number of hydrogen-bond donors (Lipinski definition) is 2. The Hall–Kier alpha value is -1.72. The van der Waals surface area contributed by atoms with Crippen LogP contribution < -0.4 is 10.5 Å². The van der Waals surface area contributed by atoms with Crippen molar-refractivity contribution in [2.75, 3.05) is 6.54 Å². The molecule has 1 aromatic carbocycles. The number of nitrogens with one attached hydrogen (secondary N) is 1. The van der Waals surface area contributed by atoms with Gasteiger partial charge in [0.25, 0.3) is 0 Å². The summed E-state index contributed by atoms with van der Waals surface area (Å²) in [5.41, 5.74) is 6.64. The van der Waals surface area contributed by atoms with Crippen LogP contribution in [0.3, 0.4) is 0 Å². The van der Waals surface area contributed by atoms with Gasteiger partial charge in [-0.25, -0.2) is 18.1 Å². The molecule has 0 saturated heterocycles. The van der Waals surface area contributed by atoms with Crippen molar-refractivity contribution in [1.29, 1.82) is 0 Å². The minimum atomic E-state index is -3.64. The average molecular weight is 321 g/mol. The molecule has 0 unspecified atom stereocenters. The lowest BCUT2D eigenvalue weighted by Crippen LogP contribution is -2.24. The van der Waals surface area contributed by atoms with E-state index in [0.29, 0.717) is 5.56 Å². The van der Waals surface area contributed by atoms with E-state index in [-0.39, 0.29) is 18.0 Å². The van der Waals surface area contributed by atoms with Gasteiger partial charge in [-0.05, 0) is 19.1 Å². The quantitative estimate of drug-likeness (QED) is 0.830. The summed E-state index contributed by atoms with van der Waals surface area (Å²) < 4.78 is 27.3. The highest BCUT2D eigenvalue weighted by Gasteiger charge is 2.17. The summed E-state index contributed by atoms with van der Waals surface area (Å²) in [7, 11) is -3.64. The molecule has 0 aliphatic heterocycles. The molecule has 0 radical (unpaired) electrons. The zero-order chi connectivity index (χ0) is 15.3. The van der Waals surface area contributed by atoms with Gasteiger partial charge in [0.1, 0.15) is 5.01 Å². The molecule has 0 saturated carbocycles. The van der Waals surface area contributed by atoms with Crippen LogP contribution in [0.5, 0.6) is 0 Å². The molecule has 7 heteroatoms. The number of benzene rings is 1. The first-order valence-corrected chi connectivity index (χ1v) is 8.58. The Morgan fingerprint density at radius 1 is 1.38 bits per heavy atom. The molecule has 0 spiro atoms. The van der Waals surface area contributed by atoms with Crippen molar-refractivity contribution < 1.29 is 8.42 Å². The number of nitrogens with zero attached hydrogens (tertiary/aromatic N) is 1. The van der Waals surface area contributed by atoms with Gasteiger partial charge in [-0.2, -0.15) is 0 Å². The highest BCUT2D eigenvalue weighted by atomic mass is 32.2. The zero-order valence-corrected chi connectivity index (χ0v) is 13.1. The molecule has 0 aliphatic rings. The first-order chi connectivity index (χ1) is 10.0. The third kappa shape index (κ3) is 4.12. The zero-order valence-electron chi connectivity index (χ0n) is 11.5. The average Bonchev–Trinajstić information content (AvgIpc) is 2.89. The van der Waals surface area contributed by atoms with E-state index in [0.717, 1.165) is 10.7 Å². The Morgan fingerprint density at radius 2 is 2.14 bits per heavy atom. The molecular weight excluding hydrogens is 306 g/mol. The first kappa shape index (κ1) is 15.7. The van der Waals surface area contributed by atoms with E-state index in [1.807, 2.05) is 12.3 Å². The number of sulfonamides is 1. The third-order valence-electron chi connectivity index (χ3n) is 2.58. The number of aromatic nitrogens is 1. The van der Waals surface area contributed by atoms with Gasteiger partial charge in [-0.1, -0.05) is 24.0 Å². The van der Waals surface area contributed by atoms with E-state index in [1.165, 1.54) is 17.4 Å². The van der Waals surface area contributed by atoms with Crippen LogP contribution in [-0.4, -0.2) is 19.9 Å². The molecule has 1 heterocycles. The normalized spacial score (nSPS) is 11.0. The van der Waals surface area contributed by atoms with E-state index in [2.05, 4.69) is 21.5 Å². The van der Waals surface area contributed by atoms with Crippen LogP contribution in [0.2, 0.25) is 0 Å². The predicted octanol–water partition coefficient (Wildman–Crippen LogP) is 1.24. The second kappa shape index (κ2) is 6.83. The lowest BCUT2D eigenvalue weighted by molar-refractivity contribution is 0.581. The van der Waals surface area contributed by atoms with Crippen molar-refractivity contribution in [3.8, 4) is 11.8 Å². The number of aryl methyl sites for hydroxylation is 1. The van der Waals surface area contributed by atoms with Crippen molar-refractivity contribution in [3.05, 3.63) is 45.9 Å². The fourth-order valence-electron chi connectivity index (χ4n) is 1.67. The Bertz CT molecular complexity index is 786. The maximum atomic E-state index is 12.4. The molecule has 0 fully saturated rings. The van der Waals surface area contributed by atoms with Gasteiger partial charge in [-0.15, -0.1) is 11.3 Å². The molecule has 0 bridgehead atoms. The number of rotatable bonds is 4. The predicted molar refractivity (Wildman–Crippen MR) is 83.3 cm³/mol. The molecule has 3 N–H and O–H groups in total. The summed E-state index contributed by atoms with van der Waals surface area (Å²) in [6.45, 7) is 2.21. The summed E-state index contributed by atoms with van der Waals surface area (Å²) in [6, 6.07) is 6.58. The summed E-state index contributed by atoms with van der Waals surface area (Å²) in [5.74, 6) is 5.44. The van der Waals surface area contributed by atoms with Crippen molar-refractivity contribution in [2.45, 2.75) is 18.4 Å². The molecule has 2 aromatic rings. The highest BCUT2D eigenvalue weighted by Crippen LogP contribution is 2.15. The van der Waals surface area contributed by atoms with Crippen molar-refractivity contribution in [3.63, 3.8) is 0 Å². The van der Waals surface area contributed by atoms with Gasteiger partial charge >= 0.3 is 0 Å². The summed E-state index contributed by atoms with van der Waals surface area (Å²) in [6.07, 6.45) is 0. The summed E-state index contributed by atoms with van der Waals surface area (Å²) >= 11 is 1.42. The first-order valence-electron chi connectivity index (χ1n) is 6.21. The number of hydrogen-bond acceptors (Lipinski definition) is 5. The van der Waals surface area contributed by atoms with E-state index in [1.54, 1.807) is 18.2 Å². The highest BCUT2D eigenvalue weighted by molar-refractivity contribution is 7.89. The van der Waals surface area contributed by atoms with E-state index >= 15 is 0 Å². The van der Waals surface area contributed by atoms with Crippen LogP contribution in [0.4, 0.5) is 0 Å². The van der Waals surface area contributed by atoms with Crippen molar-refractivity contribution in [2.24, 2.45) is 5.73 Å². The number of thiazole rings is 1. The molecular formula is C14H15N3O2S2. The van der Waals surface area contributed by atoms with Crippen LogP contribution in [-0.2, 0) is 16.6 Å². The number of nitrogens with two attached hydrogens (primary N) is 1. The van der Waals surface area contributed by atoms with Crippen molar-refractivity contribution >= 4 is 21.4 Å². The maximum Gasteiger partial charge on any atom is 0.242 e. The van der Waals surface area contributed by atoms with E-state index < -0.39 is 10.0 Å². The Kier molecular flexibility index (Phi) is 5.09. The minimum Gasteiger partial charge on any atom is -0.320 e.